The summed E-state index contributed by atoms with van der Waals surface area (Å²) in [7, 11) is 0. The smallest absolute Gasteiger partial charge is 0.309 e. The van der Waals surface area contributed by atoms with Crippen molar-refractivity contribution in [2.45, 2.75) is 26.7 Å². The number of hydrogen-bond donors (Lipinski definition) is 0. The first kappa shape index (κ1) is 10.2. The summed E-state index contributed by atoms with van der Waals surface area (Å²) in [5.74, 6) is 1.42. The van der Waals surface area contributed by atoms with Crippen molar-refractivity contribution in [2.75, 3.05) is 13.1 Å². The lowest BCUT2D eigenvalue weighted by Crippen LogP contribution is -2.39. The highest BCUT2D eigenvalue weighted by Gasteiger charge is 2.24. The van der Waals surface area contributed by atoms with Crippen molar-refractivity contribution in [3.63, 3.8) is 0 Å². The maximum atomic E-state index is 11.9. The summed E-state index contributed by atoms with van der Waals surface area (Å²) < 4.78 is 5.23. The van der Waals surface area contributed by atoms with Gasteiger partial charge in [-0.25, -0.2) is 4.98 Å². The van der Waals surface area contributed by atoms with Gasteiger partial charge in [0.1, 0.15) is 5.76 Å². The van der Waals surface area contributed by atoms with Gasteiger partial charge in [-0.2, -0.15) is 0 Å². The maximum absolute atomic E-state index is 11.9. The van der Waals surface area contributed by atoms with Crippen LogP contribution < -0.4 is 0 Å². The highest BCUT2D eigenvalue weighted by molar-refractivity contribution is 5.89. The second-order valence-electron chi connectivity index (χ2n) is 4.27. The van der Waals surface area contributed by atoms with Crippen LogP contribution in [0.25, 0.3) is 0 Å². The van der Waals surface area contributed by atoms with E-state index in [1.165, 1.54) is 6.42 Å². The molecule has 4 nitrogen and oxygen atoms in total. The summed E-state index contributed by atoms with van der Waals surface area (Å²) >= 11 is 0. The number of carbonyl (C=O) groups is 1. The van der Waals surface area contributed by atoms with Crippen LogP contribution in [0.15, 0.2) is 10.6 Å². The summed E-state index contributed by atoms with van der Waals surface area (Å²) in [6.07, 6.45) is 3.86. The van der Waals surface area contributed by atoms with Crippen molar-refractivity contribution in [1.82, 2.24) is 9.88 Å². The molecule has 0 N–H and O–H groups in total. The largest absolute Gasteiger partial charge is 0.438 e. The molecule has 0 spiro atoms. The molecule has 0 saturated carbocycles. The van der Waals surface area contributed by atoms with Crippen molar-refractivity contribution in [1.29, 1.82) is 0 Å². The van der Waals surface area contributed by atoms with Crippen molar-refractivity contribution in [2.24, 2.45) is 5.92 Å². The number of rotatable bonds is 1. The summed E-state index contributed by atoms with van der Waals surface area (Å²) in [6, 6.07) is 0. The topological polar surface area (TPSA) is 46.3 Å². The Morgan fingerprint density at radius 3 is 3.07 bits per heavy atom. The van der Waals surface area contributed by atoms with Crippen LogP contribution in [0.4, 0.5) is 0 Å². The molecule has 1 amide bonds. The number of hydrogen-bond acceptors (Lipinski definition) is 3. The van der Waals surface area contributed by atoms with Gasteiger partial charge in [0.25, 0.3) is 5.89 Å². The van der Waals surface area contributed by atoms with E-state index in [0.717, 1.165) is 19.5 Å². The van der Waals surface area contributed by atoms with Crippen LogP contribution in [-0.2, 0) is 0 Å². The average Bonchev–Trinajstić information content (AvgIpc) is 2.64. The zero-order chi connectivity index (χ0) is 10.8. The van der Waals surface area contributed by atoms with E-state index in [4.69, 9.17) is 4.42 Å². The normalized spacial score (nSPS) is 21.7. The maximum Gasteiger partial charge on any atom is 0.309 e. The summed E-state index contributed by atoms with van der Waals surface area (Å²) in [6.45, 7) is 5.60. The lowest BCUT2D eigenvalue weighted by Gasteiger charge is -2.29. The van der Waals surface area contributed by atoms with Crippen LogP contribution in [0.3, 0.4) is 0 Å². The quantitative estimate of drug-likeness (QED) is 0.707. The van der Waals surface area contributed by atoms with E-state index >= 15 is 0 Å². The number of amides is 1. The molecule has 4 heteroatoms. The lowest BCUT2D eigenvalue weighted by atomic mass is 10.0. The average molecular weight is 208 g/mol. The van der Waals surface area contributed by atoms with Crippen LogP contribution >= 0.6 is 0 Å². The third-order valence-corrected chi connectivity index (χ3v) is 2.75. The fourth-order valence-corrected chi connectivity index (χ4v) is 1.96. The Hall–Kier alpha value is -1.32. The predicted octanol–water partition coefficient (Wildman–Crippen LogP) is 1.86. The minimum absolute atomic E-state index is 0.0744. The molecule has 0 radical (unpaired) electrons. The molecule has 1 saturated heterocycles. The van der Waals surface area contributed by atoms with Crippen LogP contribution in [0.2, 0.25) is 0 Å². The van der Waals surface area contributed by atoms with E-state index in [1.807, 2.05) is 4.90 Å². The Bertz CT molecular complexity index is 359. The molecule has 0 aliphatic carbocycles. The standard InChI is InChI=1S/C11H16N2O2/c1-8-4-3-5-13(7-8)11(14)10-12-6-9(2)15-10/h6,8H,3-5,7H2,1-2H3. The zero-order valence-corrected chi connectivity index (χ0v) is 9.19. The summed E-state index contributed by atoms with van der Waals surface area (Å²) in [4.78, 5) is 17.7. The highest BCUT2D eigenvalue weighted by Crippen LogP contribution is 2.17. The molecule has 1 unspecified atom stereocenters. The van der Waals surface area contributed by atoms with Gasteiger partial charge in [0.05, 0.1) is 6.20 Å². The molecule has 0 aromatic carbocycles. The second kappa shape index (κ2) is 4.04. The van der Waals surface area contributed by atoms with Crippen LogP contribution in [0.5, 0.6) is 0 Å². The molecule has 1 aliphatic heterocycles. The van der Waals surface area contributed by atoms with Gasteiger partial charge < -0.3 is 9.32 Å². The lowest BCUT2D eigenvalue weighted by molar-refractivity contribution is 0.0641. The molecular formula is C11H16N2O2. The fourth-order valence-electron chi connectivity index (χ4n) is 1.96. The van der Waals surface area contributed by atoms with E-state index < -0.39 is 0 Å². The Labute approximate surface area is 89.3 Å². The molecule has 1 aliphatic rings. The fraction of sp³-hybridized carbons (Fsp3) is 0.636. The van der Waals surface area contributed by atoms with E-state index in [0.29, 0.717) is 11.7 Å². The molecule has 0 bridgehead atoms. The molecule has 15 heavy (non-hydrogen) atoms. The van der Waals surface area contributed by atoms with E-state index in [2.05, 4.69) is 11.9 Å². The first-order valence-corrected chi connectivity index (χ1v) is 5.38. The Morgan fingerprint density at radius 1 is 1.67 bits per heavy atom. The Balaban J connectivity index is 2.07. The van der Waals surface area contributed by atoms with Gasteiger partial charge in [-0.15, -0.1) is 0 Å². The summed E-state index contributed by atoms with van der Waals surface area (Å²) in [5, 5.41) is 0. The van der Waals surface area contributed by atoms with Crippen LogP contribution in [0.1, 0.15) is 36.2 Å². The van der Waals surface area contributed by atoms with Gasteiger partial charge in [-0.3, -0.25) is 4.79 Å². The summed E-state index contributed by atoms with van der Waals surface area (Å²) in [5.41, 5.74) is 0. The third kappa shape index (κ3) is 2.19. The predicted molar refractivity (Wildman–Crippen MR) is 55.5 cm³/mol. The minimum atomic E-state index is -0.0744. The minimum Gasteiger partial charge on any atom is -0.438 e. The van der Waals surface area contributed by atoms with Gasteiger partial charge >= 0.3 is 5.91 Å². The first-order chi connectivity index (χ1) is 7.16. The molecule has 1 atom stereocenters. The van der Waals surface area contributed by atoms with Crippen molar-refractivity contribution >= 4 is 5.91 Å². The van der Waals surface area contributed by atoms with Crippen LogP contribution in [-0.4, -0.2) is 28.9 Å². The number of carbonyl (C=O) groups excluding carboxylic acids is 1. The SMILES string of the molecule is Cc1cnc(C(=O)N2CCCC(C)C2)o1. The number of piperidine rings is 1. The van der Waals surface area contributed by atoms with E-state index in [9.17, 15) is 4.79 Å². The molecule has 2 rings (SSSR count). The number of aryl methyl sites for hydroxylation is 1. The number of likely N-dealkylation sites (tertiary alicyclic amines) is 1. The Kier molecular flexibility index (Phi) is 2.75. The van der Waals surface area contributed by atoms with Gasteiger partial charge in [0.15, 0.2) is 0 Å². The number of aromatic nitrogens is 1. The van der Waals surface area contributed by atoms with Gasteiger partial charge in [-0.05, 0) is 25.7 Å². The molecular weight excluding hydrogens is 192 g/mol. The molecule has 1 aromatic rings. The molecule has 1 aromatic heterocycles. The third-order valence-electron chi connectivity index (χ3n) is 2.75. The van der Waals surface area contributed by atoms with Crippen molar-refractivity contribution in [3.05, 3.63) is 17.8 Å². The monoisotopic (exact) mass is 208 g/mol. The molecule has 2 heterocycles. The van der Waals surface area contributed by atoms with Gasteiger partial charge in [-0.1, -0.05) is 6.92 Å². The number of oxazole rings is 1. The van der Waals surface area contributed by atoms with E-state index in [-0.39, 0.29) is 11.8 Å². The molecule has 1 fully saturated rings. The zero-order valence-electron chi connectivity index (χ0n) is 9.19. The highest BCUT2D eigenvalue weighted by atomic mass is 16.4. The van der Waals surface area contributed by atoms with E-state index in [1.54, 1.807) is 13.1 Å². The Morgan fingerprint density at radius 2 is 2.47 bits per heavy atom. The van der Waals surface area contributed by atoms with Crippen molar-refractivity contribution in [3.8, 4) is 0 Å². The van der Waals surface area contributed by atoms with Crippen molar-refractivity contribution < 1.29 is 9.21 Å². The number of nitrogens with zero attached hydrogens (tertiary/aromatic N) is 2. The second-order valence-corrected chi connectivity index (χ2v) is 4.27. The molecule has 82 valence electrons. The first-order valence-electron chi connectivity index (χ1n) is 5.38. The van der Waals surface area contributed by atoms with Gasteiger partial charge in [0.2, 0.25) is 0 Å². The van der Waals surface area contributed by atoms with Gasteiger partial charge in [0, 0.05) is 13.1 Å². The van der Waals surface area contributed by atoms with Crippen LogP contribution in [0, 0.1) is 12.8 Å².